The van der Waals surface area contributed by atoms with Crippen LogP contribution >= 0.6 is 11.3 Å². The van der Waals surface area contributed by atoms with E-state index in [1.165, 1.54) is 0 Å². The van der Waals surface area contributed by atoms with Crippen LogP contribution in [0.15, 0.2) is 16.8 Å². The number of hydrogen-bond donors (Lipinski definition) is 1. The maximum Gasteiger partial charge on any atom is 0.492 e. The van der Waals surface area contributed by atoms with E-state index in [1.807, 2.05) is 16.8 Å². The lowest BCUT2D eigenvalue weighted by atomic mass is 9.81. The van der Waals surface area contributed by atoms with Gasteiger partial charge < -0.3 is 9.68 Å². The van der Waals surface area contributed by atoms with Crippen LogP contribution in [0.25, 0.3) is 0 Å². The standard InChI is InChI=1S/C9H15BO2S/c1-9(2,3)7-12-10(11)8-4-5-13-6-8/h4-6,11H,7H2,1-3H3. The van der Waals surface area contributed by atoms with Gasteiger partial charge in [-0.25, -0.2) is 0 Å². The van der Waals surface area contributed by atoms with Gasteiger partial charge in [-0.15, -0.1) is 0 Å². The Kier molecular flexibility index (Phi) is 3.53. The van der Waals surface area contributed by atoms with Crippen molar-refractivity contribution in [3.63, 3.8) is 0 Å². The van der Waals surface area contributed by atoms with Crippen LogP contribution in [0.4, 0.5) is 0 Å². The summed E-state index contributed by atoms with van der Waals surface area (Å²) in [7, 11) is -0.773. The van der Waals surface area contributed by atoms with Crippen molar-refractivity contribution >= 4 is 23.9 Å². The lowest BCUT2D eigenvalue weighted by molar-refractivity contribution is 0.174. The third-order valence-electron chi connectivity index (χ3n) is 1.50. The van der Waals surface area contributed by atoms with E-state index in [9.17, 15) is 5.02 Å². The van der Waals surface area contributed by atoms with Crippen LogP contribution < -0.4 is 5.46 Å². The quantitative estimate of drug-likeness (QED) is 0.745. The van der Waals surface area contributed by atoms with Gasteiger partial charge in [-0.2, -0.15) is 11.3 Å². The van der Waals surface area contributed by atoms with Gasteiger partial charge in [0.2, 0.25) is 0 Å². The molecule has 0 saturated heterocycles. The molecule has 4 heteroatoms. The normalized spacial score (nSPS) is 11.7. The fraction of sp³-hybridized carbons (Fsp3) is 0.556. The van der Waals surface area contributed by atoms with Crippen molar-refractivity contribution < 1.29 is 9.68 Å². The molecule has 1 heterocycles. The number of thiophene rings is 1. The van der Waals surface area contributed by atoms with Crippen LogP contribution in [0, 0.1) is 5.41 Å². The van der Waals surface area contributed by atoms with Crippen molar-refractivity contribution in [2.75, 3.05) is 6.61 Å². The first-order chi connectivity index (χ1) is 5.99. The monoisotopic (exact) mass is 198 g/mol. The summed E-state index contributed by atoms with van der Waals surface area (Å²) in [6.45, 7) is 6.79. The Bertz CT molecular complexity index is 241. The van der Waals surface area contributed by atoms with Crippen molar-refractivity contribution in [1.82, 2.24) is 0 Å². The summed E-state index contributed by atoms with van der Waals surface area (Å²) in [5, 5.41) is 13.4. The Morgan fingerprint density at radius 3 is 2.69 bits per heavy atom. The van der Waals surface area contributed by atoms with Gasteiger partial charge in [-0.3, -0.25) is 0 Å². The maximum atomic E-state index is 9.56. The van der Waals surface area contributed by atoms with Crippen LogP contribution in [-0.4, -0.2) is 18.7 Å². The molecule has 0 radical (unpaired) electrons. The van der Waals surface area contributed by atoms with Gasteiger partial charge in [0.05, 0.1) is 0 Å². The third-order valence-corrected chi connectivity index (χ3v) is 2.20. The number of hydrogen-bond acceptors (Lipinski definition) is 3. The summed E-state index contributed by atoms with van der Waals surface area (Å²) in [4.78, 5) is 0. The van der Waals surface area contributed by atoms with Crippen LogP contribution in [0.2, 0.25) is 0 Å². The van der Waals surface area contributed by atoms with E-state index >= 15 is 0 Å². The van der Waals surface area contributed by atoms with Crippen molar-refractivity contribution in [2.24, 2.45) is 5.41 Å². The smallest absolute Gasteiger partial charge is 0.423 e. The predicted octanol–water partition coefficient (Wildman–Crippen LogP) is 1.50. The fourth-order valence-electron chi connectivity index (χ4n) is 0.841. The minimum absolute atomic E-state index is 0.0942. The summed E-state index contributed by atoms with van der Waals surface area (Å²) in [6, 6.07) is 1.87. The van der Waals surface area contributed by atoms with E-state index in [0.29, 0.717) is 6.61 Å². The second-order valence-electron chi connectivity index (χ2n) is 4.28. The first-order valence-corrected chi connectivity index (χ1v) is 5.25. The van der Waals surface area contributed by atoms with Crippen molar-refractivity contribution in [2.45, 2.75) is 20.8 Å². The van der Waals surface area contributed by atoms with E-state index < -0.39 is 7.12 Å². The lowest BCUT2D eigenvalue weighted by Crippen LogP contribution is -2.35. The molecule has 1 N–H and O–H groups in total. The van der Waals surface area contributed by atoms with Gasteiger partial charge in [0, 0.05) is 6.61 Å². The SMILES string of the molecule is CC(C)(C)COB(O)c1ccsc1. The summed E-state index contributed by atoms with van der Waals surface area (Å²) < 4.78 is 5.31. The molecule has 1 rings (SSSR count). The zero-order valence-corrected chi connectivity index (χ0v) is 9.10. The maximum absolute atomic E-state index is 9.56. The molecule has 0 atom stereocenters. The van der Waals surface area contributed by atoms with E-state index in [0.717, 1.165) is 5.46 Å². The van der Waals surface area contributed by atoms with Gasteiger partial charge in [0.25, 0.3) is 0 Å². The first kappa shape index (κ1) is 10.8. The summed E-state index contributed by atoms with van der Waals surface area (Å²) in [6.07, 6.45) is 0. The molecule has 13 heavy (non-hydrogen) atoms. The molecule has 0 bridgehead atoms. The Balaban J connectivity index is 2.39. The van der Waals surface area contributed by atoms with E-state index in [4.69, 9.17) is 4.65 Å². The summed E-state index contributed by atoms with van der Waals surface area (Å²) in [5.74, 6) is 0. The molecule has 72 valence electrons. The molecule has 1 aromatic heterocycles. The molecular formula is C9H15BO2S. The van der Waals surface area contributed by atoms with Crippen LogP contribution in [0.3, 0.4) is 0 Å². The lowest BCUT2D eigenvalue weighted by Gasteiger charge is -2.19. The van der Waals surface area contributed by atoms with Crippen LogP contribution in [0.1, 0.15) is 20.8 Å². The zero-order valence-electron chi connectivity index (χ0n) is 8.28. The van der Waals surface area contributed by atoms with Gasteiger partial charge >= 0.3 is 7.12 Å². The van der Waals surface area contributed by atoms with E-state index in [2.05, 4.69) is 20.8 Å². The molecule has 0 saturated carbocycles. The average Bonchev–Trinajstić information content (AvgIpc) is 2.50. The summed E-state index contributed by atoms with van der Waals surface area (Å²) >= 11 is 1.56. The average molecular weight is 198 g/mol. The van der Waals surface area contributed by atoms with Gasteiger partial charge in [-0.05, 0) is 21.6 Å². The van der Waals surface area contributed by atoms with Gasteiger partial charge in [0.15, 0.2) is 0 Å². The van der Waals surface area contributed by atoms with Crippen molar-refractivity contribution in [3.8, 4) is 0 Å². The molecule has 0 spiro atoms. The Morgan fingerprint density at radius 1 is 1.54 bits per heavy atom. The molecule has 2 nitrogen and oxygen atoms in total. The van der Waals surface area contributed by atoms with E-state index in [-0.39, 0.29) is 5.41 Å². The molecule has 0 aliphatic rings. The molecule has 0 unspecified atom stereocenters. The highest BCUT2D eigenvalue weighted by Gasteiger charge is 2.20. The molecule has 0 fully saturated rings. The first-order valence-electron chi connectivity index (χ1n) is 4.31. The summed E-state index contributed by atoms with van der Waals surface area (Å²) in [5.41, 5.74) is 0.936. The van der Waals surface area contributed by atoms with Crippen LogP contribution in [-0.2, 0) is 4.65 Å². The topological polar surface area (TPSA) is 29.5 Å². The molecule has 0 aliphatic carbocycles. The van der Waals surface area contributed by atoms with E-state index in [1.54, 1.807) is 11.3 Å². The Morgan fingerprint density at radius 2 is 2.23 bits per heavy atom. The Labute approximate surface area is 83.7 Å². The van der Waals surface area contributed by atoms with Crippen molar-refractivity contribution in [3.05, 3.63) is 16.8 Å². The second-order valence-corrected chi connectivity index (χ2v) is 5.06. The molecular weight excluding hydrogens is 183 g/mol. The highest BCUT2D eigenvalue weighted by Crippen LogP contribution is 2.13. The van der Waals surface area contributed by atoms with Crippen LogP contribution in [0.5, 0.6) is 0 Å². The van der Waals surface area contributed by atoms with Gasteiger partial charge in [-0.1, -0.05) is 26.8 Å². The minimum Gasteiger partial charge on any atom is -0.423 e. The second kappa shape index (κ2) is 4.27. The fourth-order valence-corrected chi connectivity index (χ4v) is 1.51. The number of rotatable bonds is 3. The molecule has 0 aromatic carbocycles. The van der Waals surface area contributed by atoms with Crippen molar-refractivity contribution in [1.29, 1.82) is 0 Å². The molecule has 0 aliphatic heterocycles. The molecule has 1 aromatic rings. The highest BCUT2D eigenvalue weighted by molar-refractivity contribution is 7.09. The molecule has 0 amide bonds. The minimum atomic E-state index is -0.773. The zero-order chi connectivity index (χ0) is 9.90. The predicted molar refractivity (Wildman–Crippen MR) is 57.3 cm³/mol. The largest absolute Gasteiger partial charge is 0.492 e. The van der Waals surface area contributed by atoms with Gasteiger partial charge in [0.1, 0.15) is 0 Å². The Hall–Kier alpha value is -0.315. The highest BCUT2D eigenvalue weighted by atomic mass is 32.1. The third kappa shape index (κ3) is 3.94.